The second-order valence-corrected chi connectivity index (χ2v) is 7.06. The summed E-state index contributed by atoms with van der Waals surface area (Å²) in [5.41, 5.74) is 0.875. The molecule has 0 unspecified atom stereocenters. The van der Waals surface area contributed by atoms with E-state index in [2.05, 4.69) is 0 Å². The number of hydrogen-bond donors (Lipinski definition) is 0. The van der Waals surface area contributed by atoms with E-state index < -0.39 is 5.60 Å². The predicted molar refractivity (Wildman–Crippen MR) is 90.3 cm³/mol. The summed E-state index contributed by atoms with van der Waals surface area (Å²) in [4.78, 5) is 28.0. The van der Waals surface area contributed by atoms with Gasteiger partial charge in [-0.05, 0) is 12.1 Å². The Hall–Kier alpha value is -2.21. The van der Waals surface area contributed by atoms with Crippen LogP contribution < -0.4 is 0 Å². The van der Waals surface area contributed by atoms with Crippen molar-refractivity contribution in [1.29, 1.82) is 0 Å². The minimum atomic E-state index is -0.566. The number of rotatable bonds is 1. The number of para-hydroxylation sites is 1. The predicted octanol–water partition coefficient (Wildman–Crippen LogP) is 2.50. The minimum Gasteiger partial charge on any atom is -0.439 e. The van der Waals surface area contributed by atoms with Gasteiger partial charge in [-0.15, -0.1) is 0 Å². The Morgan fingerprint density at radius 1 is 1.29 bits per heavy atom. The van der Waals surface area contributed by atoms with Gasteiger partial charge in [-0.2, -0.15) is 0 Å². The third-order valence-corrected chi connectivity index (χ3v) is 5.28. The first-order valence-electron chi connectivity index (χ1n) is 7.88. The monoisotopic (exact) mass is 347 g/mol. The summed E-state index contributed by atoms with van der Waals surface area (Å²) >= 11 is 6.26. The van der Waals surface area contributed by atoms with E-state index in [1.54, 1.807) is 16.8 Å². The van der Waals surface area contributed by atoms with Crippen molar-refractivity contribution in [1.82, 2.24) is 14.4 Å². The number of carbonyl (C=O) groups excluding carboxylic acids is 2. The molecule has 126 valence electrons. The molecule has 2 aromatic rings. The summed E-state index contributed by atoms with van der Waals surface area (Å²) in [5, 5.41) is 1.56. The molecule has 1 aromatic heterocycles. The standard InChI is InChI=1S/C17H18ClN3O3/c1-19-9-17(24-16(19)23)6-7-21(10-17)15(22)13-8-11-4-3-5-12(18)14(11)20(13)2/h3-5,8H,6-7,9-10H2,1-2H3/t17-/m0/s1. The zero-order valence-corrected chi connectivity index (χ0v) is 14.3. The molecule has 1 atom stereocenters. The van der Waals surface area contributed by atoms with Gasteiger partial charge in [-0.3, -0.25) is 4.79 Å². The topological polar surface area (TPSA) is 54.8 Å². The van der Waals surface area contributed by atoms with Crippen molar-refractivity contribution < 1.29 is 14.3 Å². The van der Waals surface area contributed by atoms with E-state index in [0.717, 1.165) is 10.9 Å². The number of carbonyl (C=O) groups is 2. The molecule has 0 bridgehead atoms. The fraction of sp³-hybridized carbons (Fsp3) is 0.412. The number of likely N-dealkylation sites (tertiary alicyclic amines) is 1. The molecule has 4 rings (SSSR count). The highest BCUT2D eigenvalue weighted by atomic mass is 35.5. The van der Waals surface area contributed by atoms with Crippen LogP contribution in [0, 0.1) is 0 Å². The molecule has 2 aliphatic rings. The van der Waals surface area contributed by atoms with E-state index >= 15 is 0 Å². The van der Waals surface area contributed by atoms with Crippen LogP contribution in [0.1, 0.15) is 16.9 Å². The molecule has 0 aliphatic carbocycles. The van der Waals surface area contributed by atoms with Gasteiger partial charge in [0.2, 0.25) is 0 Å². The van der Waals surface area contributed by atoms with E-state index in [1.807, 2.05) is 35.9 Å². The molecule has 7 heteroatoms. The Labute approximate surface area is 144 Å². The normalized spacial score (nSPS) is 23.5. The Balaban J connectivity index is 1.63. The van der Waals surface area contributed by atoms with Crippen molar-refractivity contribution in [3.63, 3.8) is 0 Å². The first kappa shape index (κ1) is 15.3. The zero-order chi connectivity index (χ0) is 17.1. The number of fused-ring (bicyclic) bond motifs is 1. The lowest BCUT2D eigenvalue weighted by Crippen LogP contribution is -2.39. The third-order valence-electron chi connectivity index (χ3n) is 4.97. The summed E-state index contributed by atoms with van der Waals surface area (Å²) < 4.78 is 7.34. The minimum absolute atomic E-state index is 0.0627. The maximum absolute atomic E-state index is 13.0. The molecule has 24 heavy (non-hydrogen) atoms. The zero-order valence-electron chi connectivity index (χ0n) is 13.6. The Bertz CT molecular complexity index is 862. The molecule has 2 aliphatic heterocycles. The van der Waals surface area contributed by atoms with Crippen LogP contribution in [-0.2, 0) is 11.8 Å². The van der Waals surface area contributed by atoms with Crippen LogP contribution in [0.3, 0.4) is 0 Å². The molecule has 3 heterocycles. The van der Waals surface area contributed by atoms with Crippen LogP contribution >= 0.6 is 11.6 Å². The lowest BCUT2D eigenvalue weighted by molar-refractivity contribution is 0.0549. The molecule has 1 aromatic carbocycles. The quantitative estimate of drug-likeness (QED) is 0.796. The summed E-state index contributed by atoms with van der Waals surface area (Å²) in [6.45, 7) is 1.53. The first-order valence-corrected chi connectivity index (χ1v) is 8.25. The summed E-state index contributed by atoms with van der Waals surface area (Å²) in [6.07, 6.45) is 0.347. The smallest absolute Gasteiger partial charge is 0.410 e. The highest BCUT2D eigenvalue weighted by molar-refractivity contribution is 6.35. The van der Waals surface area contributed by atoms with E-state index in [-0.39, 0.29) is 12.0 Å². The number of likely N-dealkylation sites (N-methyl/N-ethyl adjacent to an activating group) is 1. The van der Waals surface area contributed by atoms with Gasteiger partial charge in [0.05, 0.1) is 23.6 Å². The van der Waals surface area contributed by atoms with Crippen LogP contribution in [0.4, 0.5) is 4.79 Å². The Morgan fingerprint density at radius 2 is 2.08 bits per heavy atom. The first-order chi connectivity index (χ1) is 11.4. The second-order valence-electron chi connectivity index (χ2n) is 6.65. The summed E-state index contributed by atoms with van der Waals surface area (Å²) in [6, 6.07) is 7.49. The van der Waals surface area contributed by atoms with Gasteiger partial charge < -0.3 is 19.1 Å². The Kier molecular flexibility index (Phi) is 3.28. The fourth-order valence-electron chi connectivity index (χ4n) is 3.76. The molecule has 1 spiro atoms. The molecule has 6 nitrogen and oxygen atoms in total. The molecule has 0 saturated carbocycles. The van der Waals surface area contributed by atoms with Crippen molar-refractivity contribution in [2.24, 2.45) is 7.05 Å². The molecule has 0 radical (unpaired) electrons. The second kappa shape index (κ2) is 5.14. The highest BCUT2D eigenvalue weighted by Crippen LogP contribution is 2.33. The van der Waals surface area contributed by atoms with Crippen LogP contribution in [0.2, 0.25) is 5.02 Å². The summed E-state index contributed by atoms with van der Waals surface area (Å²) in [5.74, 6) is -0.0627. The van der Waals surface area contributed by atoms with E-state index in [9.17, 15) is 9.59 Å². The van der Waals surface area contributed by atoms with Crippen LogP contribution in [0.25, 0.3) is 10.9 Å². The van der Waals surface area contributed by atoms with Crippen molar-refractivity contribution >= 4 is 34.5 Å². The Morgan fingerprint density at radius 3 is 2.75 bits per heavy atom. The highest BCUT2D eigenvalue weighted by Gasteiger charge is 2.49. The molecule has 0 N–H and O–H groups in total. The van der Waals surface area contributed by atoms with Crippen LogP contribution in [-0.4, -0.2) is 58.7 Å². The number of amides is 2. The van der Waals surface area contributed by atoms with Gasteiger partial charge in [-0.25, -0.2) is 4.79 Å². The maximum atomic E-state index is 13.0. The van der Waals surface area contributed by atoms with Gasteiger partial charge in [0.15, 0.2) is 5.60 Å². The van der Waals surface area contributed by atoms with Crippen molar-refractivity contribution in [2.75, 3.05) is 26.7 Å². The molecular weight excluding hydrogens is 330 g/mol. The van der Waals surface area contributed by atoms with Gasteiger partial charge >= 0.3 is 6.09 Å². The van der Waals surface area contributed by atoms with Crippen molar-refractivity contribution in [2.45, 2.75) is 12.0 Å². The maximum Gasteiger partial charge on any atom is 0.410 e. The lowest BCUT2D eigenvalue weighted by Gasteiger charge is -2.22. The SMILES string of the molecule is CN1C[C@]2(CCN(C(=O)c3cc4cccc(Cl)c4n3C)C2)OC1=O. The number of aromatic nitrogens is 1. The van der Waals surface area contributed by atoms with Gasteiger partial charge in [0.25, 0.3) is 5.91 Å². The van der Waals surface area contributed by atoms with Crippen molar-refractivity contribution in [3.05, 3.63) is 35.0 Å². The molecule has 2 fully saturated rings. The molecule has 2 amide bonds. The number of halogens is 1. The van der Waals surface area contributed by atoms with E-state index in [4.69, 9.17) is 16.3 Å². The molecular formula is C17H18ClN3O3. The van der Waals surface area contributed by atoms with E-state index in [1.165, 1.54) is 0 Å². The summed E-state index contributed by atoms with van der Waals surface area (Å²) in [7, 11) is 3.56. The van der Waals surface area contributed by atoms with Crippen LogP contribution in [0.15, 0.2) is 24.3 Å². The fourth-order valence-corrected chi connectivity index (χ4v) is 4.07. The lowest BCUT2D eigenvalue weighted by atomic mass is 10.0. The molecule has 2 saturated heterocycles. The largest absolute Gasteiger partial charge is 0.439 e. The number of nitrogens with zero attached hydrogens (tertiary/aromatic N) is 3. The number of ether oxygens (including phenoxy) is 1. The van der Waals surface area contributed by atoms with Gasteiger partial charge in [0.1, 0.15) is 5.69 Å². The number of aryl methyl sites for hydroxylation is 1. The average Bonchev–Trinajstić information content (AvgIpc) is 3.17. The number of benzene rings is 1. The number of hydrogen-bond acceptors (Lipinski definition) is 3. The average molecular weight is 348 g/mol. The van der Waals surface area contributed by atoms with Gasteiger partial charge in [0, 0.05) is 32.4 Å². The van der Waals surface area contributed by atoms with E-state index in [0.29, 0.717) is 36.8 Å². The van der Waals surface area contributed by atoms with Crippen molar-refractivity contribution in [3.8, 4) is 0 Å². The van der Waals surface area contributed by atoms with Crippen LogP contribution in [0.5, 0.6) is 0 Å². The van der Waals surface area contributed by atoms with Gasteiger partial charge in [-0.1, -0.05) is 23.7 Å². The third kappa shape index (κ3) is 2.17.